The van der Waals surface area contributed by atoms with E-state index in [9.17, 15) is 18.8 Å². The summed E-state index contributed by atoms with van der Waals surface area (Å²) in [6, 6.07) is 13.1. The molecule has 1 saturated carbocycles. The van der Waals surface area contributed by atoms with E-state index in [1.165, 1.54) is 12.1 Å². The molecule has 2 aliphatic rings. The van der Waals surface area contributed by atoms with E-state index in [1.807, 2.05) is 4.90 Å². The van der Waals surface area contributed by atoms with Gasteiger partial charge in [0.15, 0.2) is 0 Å². The van der Waals surface area contributed by atoms with Gasteiger partial charge < -0.3 is 15.5 Å². The lowest BCUT2D eigenvalue weighted by molar-refractivity contribution is -0.117. The first-order chi connectivity index (χ1) is 15.0. The average molecular weight is 424 g/mol. The van der Waals surface area contributed by atoms with Crippen LogP contribution in [0.15, 0.2) is 48.5 Å². The molecule has 0 aromatic heterocycles. The van der Waals surface area contributed by atoms with Crippen LogP contribution in [-0.4, -0.2) is 66.3 Å². The highest BCUT2D eigenvalue weighted by Gasteiger charge is 2.25. The molecule has 1 aliphatic heterocycles. The number of benzene rings is 2. The van der Waals surface area contributed by atoms with Gasteiger partial charge in [-0.3, -0.25) is 19.3 Å². The summed E-state index contributed by atoms with van der Waals surface area (Å²) in [5.41, 5.74) is 1.16. The number of rotatable bonds is 6. The number of hydrogen-bond acceptors (Lipinski definition) is 4. The van der Waals surface area contributed by atoms with Gasteiger partial charge >= 0.3 is 0 Å². The van der Waals surface area contributed by atoms with Crippen LogP contribution in [0, 0.1) is 5.82 Å². The van der Waals surface area contributed by atoms with Gasteiger partial charge in [0, 0.05) is 43.5 Å². The van der Waals surface area contributed by atoms with E-state index in [0.29, 0.717) is 37.4 Å². The van der Waals surface area contributed by atoms with E-state index in [4.69, 9.17) is 0 Å². The minimum Gasteiger partial charge on any atom is -0.349 e. The third-order valence-electron chi connectivity index (χ3n) is 5.45. The third kappa shape index (κ3) is 5.46. The van der Waals surface area contributed by atoms with Crippen LogP contribution in [0.3, 0.4) is 0 Å². The minimum absolute atomic E-state index is 0.0688. The van der Waals surface area contributed by atoms with E-state index in [1.54, 1.807) is 41.3 Å². The summed E-state index contributed by atoms with van der Waals surface area (Å²) in [4.78, 5) is 40.7. The summed E-state index contributed by atoms with van der Waals surface area (Å²) in [6.07, 6.45) is 2.03. The van der Waals surface area contributed by atoms with Crippen molar-refractivity contribution in [2.45, 2.75) is 18.9 Å². The molecule has 1 aliphatic carbocycles. The maximum absolute atomic E-state index is 13.9. The van der Waals surface area contributed by atoms with Crippen molar-refractivity contribution in [3.63, 3.8) is 0 Å². The molecule has 2 fully saturated rings. The molecule has 2 aromatic carbocycles. The summed E-state index contributed by atoms with van der Waals surface area (Å²) in [5, 5.41) is 5.76. The number of nitrogens with zero attached hydrogens (tertiary/aromatic N) is 2. The fourth-order valence-electron chi connectivity index (χ4n) is 3.55. The highest BCUT2D eigenvalue weighted by atomic mass is 19.1. The zero-order valence-electron chi connectivity index (χ0n) is 17.1. The normalized spacial score (nSPS) is 16.6. The number of piperazine rings is 1. The molecule has 0 atom stereocenters. The zero-order valence-corrected chi connectivity index (χ0v) is 17.1. The van der Waals surface area contributed by atoms with E-state index >= 15 is 0 Å². The first-order valence-electron chi connectivity index (χ1n) is 10.5. The van der Waals surface area contributed by atoms with Crippen molar-refractivity contribution < 1.29 is 18.8 Å². The van der Waals surface area contributed by atoms with Gasteiger partial charge in [-0.05, 0) is 43.2 Å². The van der Waals surface area contributed by atoms with Gasteiger partial charge in [0.05, 0.1) is 12.1 Å². The van der Waals surface area contributed by atoms with E-state index in [0.717, 1.165) is 12.8 Å². The van der Waals surface area contributed by atoms with Gasteiger partial charge in [-0.1, -0.05) is 18.2 Å². The molecule has 0 bridgehead atoms. The second-order valence-corrected chi connectivity index (χ2v) is 7.92. The Morgan fingerprint density at radius 1 is 0.968 bits per heavy atom. The maximum Gasteiger partial charge on any atom is 0.256 e. The molecule has 8 heteroatoms. The van der Waals surface area contributed by atoms with Crippen LogP contribution in [0.1, 0.15) is 33.6 Å². The molecule has 0 radical (unpaired) electrons. The number of hydrogen-bond donors (Lipinski definition) is 2. The van der Waals surface area contributed by atoms with Gasteiger partial charge in [-0.15, -0.1) is 0 Å². The number of carbonyl (C=O) groups excluding carboxylic acids is 3. The summed E-state index contributed by atoms with van der Waals surface area (Å²) in [7, 11) is 0. The number of amides is 3. The first-order valence-corrected chi connectivity index (χ1v) is 10.5. The summed E-state index contributed by atoms with van der Waals surface area (Å²) < 4.78 is 13.9. The van der Waals surface area contributed by atoms with Gasteiger partial charge in [-0.2, -0.15) is 0 Å². The predicted molar refractivity (Wildman–Crippen MR) is 114 cm³/mol. The van der Waals surface area contributed by atoms with Crippen LogP contribution in [0.2, 0.25) is 0 Å². The van der Waals surface area contributed by atoms with Crippen molar-refractivity contribution in [3.05, 3.63) is 65.5 Å². The van der Waals surface area contributed by atoms with E-state index in [2.05, 4.69) is 10.6 Å². The van der Waals surface area contributed by atoms with Gasteiger partial charge in [0.1, 0.15) is 5.82 Å². The molecule has 1 heterocycles. The molecule has 1 saturated heterocycles. The molecule has 4 rings (SSSR count). The van der Waals surface area contributed by atoms with Crippen LogP contribution >= 0.6 is 0 Å². The Hall–Kier alpha value is -3.26. The lowest BCUT2D eigenvalue weighted by atomic mass is 10.1. The molecule has 162 valence electrons. The van der Waals surface area contributed by atoms with Crippen LogP contribution in [-0.2, 0) is 4.79 Å². The van der Waals surface area contributed by atoms with Crippen LogP contribution in [0.4, 0.5) is 10.1 Å². The monoisotopic (exact) mass is 424 g/mol. The largest absolute Gasteiger partial charge is 0.349 e. The predicted octanol–water partition coefficient (Wildman–Crippen LogP) is 2.11. The molecule has 3 amide bonds. The Kier molecular flexibility index (Phi) is 6.27. The smallest absolute Gasteiger partial charge is 0.256 e. The molecular formula is C23H25FN4O3. The number of nitrogens with one attached hydrogen (secondary N) is 2. The molecule has 0 spiro atoms. The first kappa shape index (κ1) is 21.0. The van der Waals surface area contributed by atoms with Crippen LogP contribution in [0.5, 0.6) is 0 Å². The quantitative estimate of drug-likeness (QED) is 0.744. The zero-order chi connectivity index (χ0) is 21.8. The van der Waals surface area contributed by atoms with Crippen molar-refractivity contribution >= 4 is 23.4 Å². The second kappa shape index (κ2) is 9.26. The number of halogens is 1. The Balaban J connectivity index is 1.26. The Bertz CT molecular complexity index is 984. The van der Waals surface area contributed by atoms with E-state index in [-0.39, 0.29) is 35.9 Å². The van der Waals surface area contributed by atoms with Gasteiger partial charge in [0.2, 0.25) is 5.91 Å². The molecule has 2 aromatic rings. The fraction of sp³-hybridized carbons (Fsp3) is 0.348. The van der Waals surface area contributed by atoms with Gasteiger partial charge in [0.25, 0.3) is 11.8 Å². The third-order valence-corrected chi connectivity index (χ3v) is 5.45. The molecule has 7 nitrogen and oxygen atoms in total. The van der Waals surface area contributed by atoms with Crippen molar-refractivity contribution in [1.82, 2.24) is 15.1 Å². The molecule has 0 unspecified atom stereocenters. The Morgan fingerprint density at radius 3 is 2.42 bits per heavy atom. The van der Waals surface area contributed by atoms with Crippen molar-refractivity contribution in [3.8, 4) is 0 Å². The fourth-order valence-corrected chi connectivity index (χ4v) is 3.55. The van der Waals surface area contributed by atoms with Crippen molar-refractivity contribution in [2.24, 2.45) is 0 Å². The highest BCUT2D eigenvalue weighted by molar-refractivity contribution is 5.98. The number of anilines is 1. The Morgan fingerprint density at radius 2 is 1.71 bits per heavy atom. The lowest BCUT2D eigenvalue weighted by Crippen LogP contribution is -2.50. The molecule has 31 heavy (non-hydrogen) atoms. The SMILES string of the molecule is O=C(CN1CCN(C(=O)c2ccccc2F)CC1)Nc1cccc(C(=O)NC2CC2)c1. The highest BCUT2D eigenvalue weighted by Crippen LogP contribution is 2.20. The van der Waals surface area contributed by atoms with Crippen LogP contribution in [0.25, 0.3) is 0 Å². The maximum atomic E-state index is 13.9. The van der Waals surface area contributed by atoms with Crippen molar-refractivity contribution in [2.75, 3.05) is 38.0 Å². The molecular weight excluding hydrogens is 399 g/mol. The summed E-state index contributed by atoms with van der Waals surface area (Å²) in [5.74, 6) is -1.17. The molecule has 2 N–H and O–H groups in total. The number of carbonyl (C=O) groups is 3. The standard InChI is InChI=1S/C23H25FN4O3/c24-20-7-2-1-6-19(20)23(31)28-12-10-27(11-13-28)15-21(29)25-18-5-3-4-16(14-18)22(30)26-17-8-9-17/h1-7,14,17H,8-13,15H2,(H,25,29)(H,26,30). The summed E-state index contributed by atoms with van der Waals surface area (Å²) >= 11 is 0. The minimum atomic E-state index is -0.526. The van der Waals surface area contributed by atoms with Crippen LogP contribution < -0.4 is 10.6 Å². The van der Waals surface area contributed by atoms with Crippen molar-refractivity contribution in [1.29, 1.82) is 0 Å². The van der Waals surface area contributed by atoms with Gasteiger partial charge in [-0.25, -0.2) is 4.39 Å². The lowest BCUT2D eigenvalue weighted by Gasteiger charge is -2.34. The average Bonchev–Trinajstić information content (AvgIpc) is 3.58. The summed E-state index contributed by atoms with van der Waals surface area (Å²) in [6.45, 7) is 2.09. The topological polar surface area (TPSA) is 81.8 Å². The Labute approximate surface area is 180 Å². The van der Waals surface area contributed by atoms with E-state index < -0.39 is 5.82 Å². The second-order valence-electron chi connectivity index (χ2n) is 7.92.